The molecular weight excluding hydrogens is 202 g/mol. The molecule has 2 fully saturated rings. The van der Waals surface area contributed by atoms with E-state index in [1.807, 2.05) is 6.92 Å². The zero-order valence-electron chi connectivity index (χ0n) is 10.6. The van der Waals surface area contributed by atoms with Gasteiger partial charge in [-0.05, 0) is 44.6 Å². The normalized spacial score (nSPS) is 40.0. The van der Waals surface area contributed by atoms with Crippen LogP contribution in [-0.4, -0.2) is 35.1 Å². The van der Waals surface area contributed by atoms with Gasteiger partial charge in [0.1, 0.15) is 0 Å². The molecular formula is C13H23NO2. The van der Waals surface area contributed by atoms with E-state index in [-0.39, 0.29) is 0 Å². The Labute approximate surface area is 97.8 Å². The molecule has 1 N–H and O–H groups in total. The third kappa shape index (κ3) is 1.97. The summed E-state index contributed by atoms with van der Waals surface area (Å²) in [5.74, 6) is 1.01. The van der Waals surface area contributed by atoms with E-state index >= 15 is 0 Å². The molecule has 3 nitrogen and oxygen atoms in total. The van der Waals surface area contributed by atoms with Crippen LogP contribution in [0.5, 0.6) is 0 Å². The summed E-state index contributed by atoms with van der Waals surface area (Å²) < 4.78 is 0. The van der Waals surface area contributed by atoms with Crippen molar-refractivity contribution in [2.24, 2.45) is 17.3 Å². The van der Waals surface area contributed by atoms with E-state index < -0.39 is 11.4 Å². The second-order valence-corrected chi connectivity index (χ2v) is 6.22. The molecule has 1 aliphatic heterocycles. The summed E-state index contributed by atoms with van der Waals surface area (Å²) in [6, 6.07) is 0.661. The SMILES string of the molecule is CC(C)C1CC(N2CCC(C)(C(=O)O)C2)C1. The number of carboxylic acid groups (broad SMARTS) is 1. The highest BCUT2D eigenvalue weighted by molar-refractivity contribution is 5.74. The molecule has 92 valence electrons. The lowest BCUT2D eigenvalue weighted by molar-refractivity contribution is -0.147. The van der Waals surface area contributed by atoms with E-state index in [0.29, 0.717) is 6.04 Å². The highest BCUT2D eigenvalue weighted by atomic mass is 16.4. The number of rotatable bonds is 3. The molecule has 1 heterocycles. The molecule has 0 aromatic rings. The van der Waals surface area contributed by atoms with Crippen molar-refractivity contribution in [1.82, 2.24) is 4.90 Å². The van der Waals surface area contributed by atoms with Crippen LogP contribution in [-0.2, 0) is 4.79 Å². The summed E-state index contributed by atoms with van der Waals surface area (Å²) in [6.07, 6.45) is 3.35. The standard InChI is InChI=1S/C13H23NO2/c1-9(2)10-6-11(7-10)14-5-4-13(3,8-14)12(15)16/h9-11H,4-8H2,1-3H3,(H,15,16). The van der Waals surface area contributed by atoms with E-state index in [2.05, 4.69) is 18.7 Å². The fourth-order valence-electron chi connectivity index (χ4n) is 2.96. The average Bonchev–Trinajstić information content (AvgIpc) is 2.46. The first-order valence-corrected chi connectivity index (χ1v) is 6.40. The third-order valence-electron chi connectivity index (χ3n) is 4.63. The zero-order chi connectivity index (χ0) is 11.9. The van der Waals surface area contributed by atoms with Crippen molar-refractivity contribution >= 4 is 5.97 Å². The summed E-state index contributed by atoms with van der Waals surface area (Å²) in [5.41, 5.74) is -0.497. The largest absolute Gasteiger partial charge is 0.481 e. The van der Waals surface area contributed by atoms with Crippen LogP contribution in [0.1, 0.15) is 40.0 Å². The zero-order valence-corrected chi connectivity index (χ0v) is 10.6. The molecule has 0 amide bonds. The number of aliphatic carboxylic acids is 1. The molecule has 3 heteroatoms. The molecule has 0 aromatic heterocycles. The van der Waals surface area contributed by atoms with E-state index in [0.717, 1.165) is 31.3 Å². The summed E-state index contributed by atoms with van der Waals surface area (Å²) >= 11 is 0. The molecule has 1 atom stereocenters. The first-order valence-electron chi connectivity index (χ1n) is 6.40. The quantitative estimate of drug-likeness (QED) is 0.800. The lowest BCUT2D eigenvalue weighted by atomic mass is 9.73. The molecule has 0 bridgehead atoms. The van der Waals surface area contributed by atoms with Crippen molar-refractivity contribution in [2.45, 2.75) is 46.1 Å². The van der Waals surface area contributed by atoms with Gasteiger partial charge in [-0.25, -0.2) is 0 Å². The molecule has 2 aliphatic rings. The van der Waals surface area contributed by atoms with Crippen LogP contribution in [0.25, 0.3) is 0 Å². The smallest absolute Gasteiger partial charge is 0.310 e. The van der Waals surface area contributed by atoms with Crippen LogP contribution in [0.3, 0.4) is 0 Å². The topological polar surface area (TPSA) is 40.5 Å². The van der Waals surface area contributed by atoms with Crippen molar-refractivity contribution in [2.75, 3.05) is 13.1 Å². The van der Waals surface area contributed by atoms with Crippen LogP contribution >= 0.6 is 0 Å². The van der Waals surface area contributed by atoms with Gasteiger partial charge in [-0.2, -0.15) is 0 Å². The molecule has 16 heavy (non-hydrogen) atoms. The van der Waals surface area contributed by atoms with Gasteiger partial charge in [0.25, 0.3) is 0 Å². The van der Waals surface area contributed by atoms with Gasteiger partial charge in [0.05, 0.1) is 5.41 Å². The maximum Gasteiger partial charge on any atom is 0.310 e. The van der Waals surface area contributed by atoms with Gasteiger partial charge in [0.2, 0.25) is 0 Å². The van der Waals surface area contributed by atoms with Crippen molar-refractivity contribution in [3.8, 4) is 0 Å². The Morgan fingerprint density at radius 2 is 2.06 bits per heavy atom. The van der Waals surface area contributed by atoms with Crippen LogP contribution < -0.4 is 0 Å². The number of hydrogen-bond donors (Lipinski definition) is 1. The molecule has 1 saturated heterocycles. The number of likely N-dealkylation sites (tertiary alicyclic amines) is 1. The minimum absolute atomic E-state index is 0.497. The maximum absolute atomic E-state index is 11.1. The van der Waals surface area contributed by atoms with Gasteiger partial charge in [-0.1, -0.05) is 13.8 Å². The number of carbonyl (C=O) groups is 1. The van der Waals surface area contributed by atoms with E-state index in [1.54, 1.807) is 0 Å². The lowest BCUT2D eigenvalue weighted by Gasteiger charge is -2.43. The Balaban J connectivity index is 1.85. The van der Waals surface area contributed by atoms with Gasteiger partial charge < -0.3 is 5.11 Å². The first kappa shape index (κ1) is 11.9. The molecule has 2 rings (SSSR count). The van der Waals surface area contributed by atoms with Crippen LogP contribution in [0.2, 0.25) is 0 Å². The molecule has 0 spiro atoms. The predicted octanol–water partition coefficient (Wildman–Crippen LogP) is 2.22. The Hall–Kier alpha value is -0.570. The minimum Gasteiger partial charge on any atom is -0.481 e. The molecule has 1 unspecified atom stereocenters. The Morgan fingerprint density at radius 3 is 2.50 bits per heavy atom. The molecule has 1 saturated carbocycles. The van der Waals surface area contributed by atoms with Gasteiger partial charge in [0, 0.05) is 12.6 Å². The Bertz CT molecular complexity index is 284. The van der Waals surface area contributed by atoms with Crippen molar-refractivity contribution in [3.05, 3.63) is 0 Å². The van der Waals surface area contributed by atoms with E-state index in [1.165, 1.54) is 12.8 Å². The average molecular weight is 225 g/mol. The highest BCUT2D eigenvalue weighted by Gasteiger charge is 2.45. The van der Waals surface area contributed by atoms with Crippen LogP contribution in [0.4, 0.5) is 0 Å². The second-order valence-electron chi connectivity index (χ2n) is 6.22. The summed E-state index contributed by atoms with van der Waals surface area (Å²) in [4.78, 5) is 13.5. The summed E-state index contributed by atoms with van der Waals surface area (Å²) in [7, 11) is 0. The molecule has 1 aliphatic carbocycles. The first-order chi connectivity index (χ1) is 7.42. The number of nitrogens with zero attached hydrogens (tertiary/aromatic N) is 1. The van der Waals surface area contributed by atoms with Crippen LogP contribution in [0, 0.1) is 17.3 Å². The third-order valence-corrected chi connectivity index (χ3v) is 4.63. The number of carboxylic acids is 1. The fraction of sp³-hybridized carbons (Fsp3) is 0.923. The van der Waals surface area contributed by atoms with Gasteiger partial charge in [-0.3, -0.25) is 9.69 Å². The van der Waals surface area contributed by atoms with Crippen LogP contribution in [0.15, 0.2) is 0 Å². The maximum atomic E-state index is 11.1. The lowest BCUT2D eigenvalue weighted by Crippen LogP contribution is -2.46. The monoisotopic (exact) mass is 225 g/mol. The molecule has 0 radical (unpaired) electrons. The summed E-state index contributed by atoms with van der Waals surface area (Å²) in [5, 5.41) is 9.18. The Kier molecular flexibility index (Phi) is 2.99. The molecule has 0 aromatic carbocycles. The predicted molar refractivity (Wildman–Crippen MR) is 63.3 cm³/mol. The van der Waals surface area contributed by atoms with E-state index in [4.69, 9.17) is 0 Å². The number of hydrogen-bond acceptors (Lipinski definition) is 2. The van der Waals surface area contributed by atoms with Gasteiger partial charge in [-0.15, -0.1) is 0 Å². The van der Waals surface area contributed by atoms with Crippen molar-refractivity contribution in [3.63, 3.8) is 0 Å². The Morgan fingerprint density at radius 1 is 1.44 bits per heavy atom. The van der Waals surface area contributed by atoms with Crippen molar-refractivity contribution < 1.29 is 9.90 Å². The van der Waals surface area contributed by atoms with Crippen molar-refractivity contribution in [1.29, 1.82) is 0 Å². The highest BCUT2D eigenvalue weighted by Crippen LogP contribution is 2.41. The minimum atomic E-state index is -0.630. The second kappa shape index (κ2) is 4.02. The van der Waals surface area contributed by atoms with Gasteiger partial charge in [0.15, 0.2) is 0 Å². The fourth-order valence-corrected chi connectivity index (χ4v) is 2.96. The van der Waals surface area contributed by atoms with E-state index in [9.17, 15) is 9.90 Å². The van der Waals surface area contributed by atoms with Gasteiger partial charge >= 0.3 is 5.97 Å². The summed E-state index contributed by atoms with van der Waals surface area (Å²) in [6.45, 7) is 8.17.